The number of aliphatic hydroxyl groups excluding tert-OH is 1. The summed E-state index contributed by atoms with van der Waals surface area (Å²) in [5.41, 5.74) is 9.65. The minimum atomic E-state index is -2.71. The number of nitrogens with zero attached hydrogens (tertiary/aromatic N) is 1. The van der Waals surface area contributed by atoms with Crippen LogP contribution in [0, 0.1) is 0 Å². The Morgan fingerprint density at radius 1 is 1.00 bits per heavy atom. The smallest absolute Gasteiger partial charge is 0.337 e. The van der Waals surface area contributed by atoms with E-state index >= 15 is 0 Å². The molecule has 0 bridgehead atoms. The van der Waals surface area contributed by atoms with Crippen molar-refractivity contribution in [2.24, 2.45) is 11.5 Å². The average molecular weight is 451 g/mol. The van der Waals surface area contributed by atoms with Crippen LogP contribution in [0.25, 0.3) is 0 Å². The highest BCUT2D eigenvalue weighted by molar-refractivity contribution is 6.16. The molecule has 1 aromatic carbocycles. The predicted octanol–water partition coefficient (Wildman–Crippen LogP) is -0.713. The zero-order valence-corrected chi connectivity index (χ0v) is 17.9. The highest BCUT2D eigenvalue weighted by Crippen LogP contribution is 2.23. The summed E-state index contributed by atoms with van der Waals surface area (Å²) in [5.74, 6) is -6.59. The summed E-state index contributed by atoms with van der Waals surface area (Å²) in [6, 6.07) is 5.52. The fourth-order valence-corrected chi connectivity index (χ4v) is 3.05. The van der Waals surface area contributed by atoms with Gasteiger partial charge in [-0.1, -0.05) is 30.3 Å². The third-order valence-electron chi connectivity index (χ3n) is 4.93. The minimum Gasteiger partial charge on any atom is -0.481 e. The Hall–Kier alpha value is -3.15. The van der Waals surface area contributed by atoms with Gasteiger partial charge in [0.1, 0.15) is 0 Å². The molecule has 0 saturated heterocycles. The SMILES string of the molecule is CC(O)CC(=O)C(C)(C(=O)O)N(C(=O)C(N)CCC(=O)O)C(=O)C(N)Cc1ccccc1. The average Bonchev–Trinajstić information content (AvgIpc) is 2.71. The third-order valence-corrected chi connectivity index (χ3v) is 4.93. The lowest BCUT2D eigenvalue weighted by Gasteiger charge is -2.38. The molecule has 0 radical (unpaired) electrons. The molecule has 0 aliphatic rings. The predicted molar refractivity (Wildman–Crippen MR) is 112 cm³/mol. The molecule has 176 valence electrons. The standard InChI is InChI=1S/C21H29N3O8/c1-12(25)10-16(26)21(2,20(31)32)24(18(29)14(22)8-9-17(27)28)19(30)15(23)11-13-6-4-3-5-7-13/h3-7,12,14-15,25H,8-11,22-23H2,1-2H3,(H,27,28)(H,31,32). The molecule has 0 aliphatic carbocycles. The Labute approximate surface area is 185 Å². The number of carboxylic acids is 2. The Balaban J connectivity index is 3.41. The fraction of sp³-hybridized carbons (Fsp3) is 0.476. The zero-order valence-electron chi connectivity index (χ0n) is 17.9. The van der Waals surface area contributed by atoms with Gasteiger partial charge in [0, 0.05) is 12.8 Å². The number of nitrogens with two attached hydrogens (primary N) is 2. The third kappa shape index (κ3) is 6.67. The molecule has 32 heavy (non-hydrogen) atoms. The van der Waals surface area contributed by atoms with Crippen molar-refractivity contribution < 1.29 is 39.3 Å². The van der Waals surface area contributed by atoms with Crippen molar-refractivity contribution in [2.45, 2.75) is 63.3 Å². The maximum Gasteiger partial charge on any atom is 0.337 e. The monoisotopic (exact) mass is 451 g/mol. The second-order valence-corrected chi connectivity index (χ2v) is 7.70. The number of ketones is 1. The van der Waals surface area contributed by atoms with E-state index in [1.807, 2.05) is 0 Å². The van der Waals surface area contributed by atoms with E-state index in [1.54, 1.807) is 30.3 Å². The largest absolute Gasteiger partial charge is 0.481 e. The number of hydrogen-bond acceptors (Lipinski definition) is 8. The first-order valence-electron chi connectivity index (χ1n) is 9.91. The molecule has 4 atom stereocenters. The van der Waals surface area contributed by atoms with Gasteiger partial charge in [-0.05, 0) is 32.3 Å². The zero-order chi connectivity index (χ0) is 24.6. The van der Waals surface area contributed by atoms with Crippen LogP contribution < -0.4 is 11.5 Å². The summed E-state index contributed by atoms with van der Waals surface area (Å²) in [6.45, 7) is 2.10. The summed E-state index contributed by atoms with van der Waals surface area (Å²) in [5, 5.41) is 28.2. The Bertz CT molecular complexity index is 858. The van der Waals surface area contributed by atoms with Crippen molar-refractivity contribution in [1.82, 2.24) is 4.90 Å². The van der Waals surface area contributed by atoms with Gasteiger partial charge in [-0.3, -0.25) is 24.1 Å². The first-order valence-corrected chi connectivity index (χ1v) is 9.91. The molecule has 1 aromatic rings. The number of imide groups is 1. The number of Topliss-reactive ketones (excluding diaryl/α,β-unsaturated/α-hetero) is 1. The molecule has 7 N–H and O–H groups in total. The van der Waals surface area contributed by atoms with Crippen molar-refractivity contribution in [3.63, 3.8) is 0 Å². The van der Waals surface area contributed by atoms with E-state index in [9.17, 15) is 34.2 Å². The van der Waals surface area contributed by atoms with Crippen LogP contribution in [-0.2, 0) is 30.4 Å². The van der Waals surface area contributed by atoms with Crippen LogP contribution in [0.1, 0.15) is 38.7 Å². The van der Waals surface area contributed by atoms with E-state index < -0.39 is 72.5 Å². The molecular formula is C21H29N3O8. The van der Waals surface area contributed by atoms with Crippen LogP contribution in [0.2, 0.25) is 0 Å². The van der Waals surface area contributed by atoms with Crippen LogP contribution in [0.3, 0.4) is 0 Å². The lowest BCUT2D eigenvalue weighted by Crippen LogP contribution is -2.67. The van der Waals surface area contributed by atoms with Crippen molar-refractivity contribution in [3.05, 3.63) is 35.9 Å². The fourth-order valence-electron chi connectivity index (χ4n) is 3.05. The first kappa shape index (κ1) is 26.9. The van der Waals surface area contributed by atoms with Gasteiger partial charge >= 0.3 is 11.9 Å². The summed E-state index contributed by atoms with van der Waals surface area (Å²) in [6.07, 6.45) is -2.87. The summed E-state index contributed by atoms with van der Waals surface area (Å²) < 4.78 is 0. The van der Waals surface area contributed by atoms with Gasteiger partial charge in [-0.25, -0.2) is 4.79 Å². The van der Waals surface area contributed by atoms with Gasteiger partial charge in [0.05, 0.1) is 18.2 Å². The van der Waals surface area contributed by atoms with Gasteiger partial charge < -0.3 is 26.8 Å². The number of benzene rings is 1. The van der Waals surface area contributed by atoms with Gasteiger partial charge in [0.15, 0.2) is 5.78 Å². The minimum absolute atomic E-state index is 0.0614. The van der Waals surface area contributed by atoms with Crippen LogP contribution in [0.15, 0.2) is 30.3 Å². The quantitative estimate of drug-likeness (QED) is 0.253. The molecular weight excluding hydrogens is 422 g/mol. The van der Waals surface area contributed by atoms with E-state index in [-0.39, 0.29) is 11.3 Å². The Morgan fingerprint density at radius 2 is 1.53 bits per heavy atom. The molecule has 0 spiro atoms. The normalized spacial score (nSPS) is 15.7. The van der Waals surface area contributed by atoms with E-state index in [1.165, 1.54) is 6.92 Å². The summed E-state index contributed by atoms with van der Waals surface area (Å²) >= 11 is 0. The molecule has 2 amide bonds. The van der Waals surface area contributed by atoms with Crippen LogP contribution in [-0.4, -0.2) is 73.5 Å². The van der Waals surface area contributed by atoms with Gasteiger partial charge in [0.2, 0.25) is 17.4 Å². The molecule has 0 saturated carbocycles. The molecule has 4 unspecified atom stereocenters. The molecule has 0 fully saturated rings. The van der Waals surface area contributed by atoms with Crippen molar-refractivity contribution in [2.75, 3.05) is 0 Å². The molecule has 0 heterocycles. The van der Waals surface area contributed by atoms with Crippen LogP contribution in [0.5, 0.6) is 0 Å². The van der Waals surface area contributed by atoms with Gasteiger partial charge in [-0.15, -0.1) is 0 Å². The maximum atomic E-state index is 13.2. The summed E-state index contributed by atoms with van der Waals surface area (Å²) in [4.78, 5) is 62.2. The molecule has 0 aliphatic heterocycles. The highest BCUT2D eigenvalue weighted by Gasteiger charge is 2.53. The number of carbonyl (C=O) groups excluding carboxylic acids is 3. The molecule has 0 aromatic heterocycles. The Morgan fingerprint density at radius 3 is 2.00 bits per heavy atom. The van der Waals surface area contributed by atoms with Crippen molar-refractivity contribution in [1.29, 1.82) is 0 Å². The van der Waals surface area contributed by atoms with E-state index in [0.717, 1.165) is 6.92 Å². The second-order valence-electron chi connectivity index (χ2n) is 7.70. The van der Waals surface area contributed by atoms with E-state index in [2.05, 4.69) is 0 Å². The van der Waals surface area contributed by atoms with Crippen LogP contribution in [0.4, 0.5) is 0 Å². The lowest BCUT2D eigenvalue weighted by molar-refractivity contribution is -0.171. The number of aliphatic carboxylic acids is 2. The number of carboxylic acid groups (broad SMARTS) is 2. The van der Waals surface area contributed by atoms with E-state index in [0.29, 0.717) is 5.56 Å². The summed E-state index contributed by atoms with van der Waals surface area (Å²) in [7, 11) is 0. The molecule has 11 heteroatoms. The highest BCUT2D eigenvalue weighted by atomic mass is 16.4. The first-order chi connectivity index (χ1) is 14.8. The number of hydrogen-bond donors (Lipinski definition) is 5. The second kappa shape index (κ2) is 11.5. The number of amides is 2. The van der Waals surface area contributed by atoms with Gasteiger partial charge in [-0.2, -0.15) is 0 Å². The number of carbonyl (C=O) groups is 5. The molecule has 1 rings (SSSR count). The maximum absolute atomic E-state index is 13.2. The van der Waals surface area contributed by atoms with Crippen LogP contribution >= 0.6 is 0 Å². The van der Waals surface area contributed by atoms with Crippen molar-refractivity contribution in [3.8, 4) is 0 Å². The van der Waals surface area contributed by atoms with Crippen molar-refractivity contribution >= 4 is 29.5 Å². The Kier molecular flexibility index (Phi) is 9.63. The number of rotatable bonds is 12. The topological polar surface area (TPSA) is 201 Å². The number of aliphatic hydroxyl groups is 1. The lowest BCUT2D eigenvalue weighted by atomic mass is 9.88. The van der Waals surface area contributed by atoms with E-state index in [4.69, 9.17) is 16.6 Å². The molecule has 11 nitrogen and oxygen atoms in total. The van der Waals surface area contributed by atoms with Gasteiger partial charge in [0.25, 0.3) is 0 Å².